The summed E-state index contributed by atoms with van der Waals surface area (Å²) < 4.78 is 6.26. The second kappa shape index (κ2) is 7.44. The van der Waals surface area contributed by atoms with Crippen LogP contribution in [-0.4, -0.2) is 35.3 Å². The zero-order valence-electron chi connectivity index (χ0n) is 15.8. The molecule has 0 radical (unpaired) electrons. The maximum Gasteiger partial charge on any atom is 0.246 e. The lowest BCUT2D eigenvalue weighted by molar-refractivity contribution is -0.129. The van der Waals surface area contributed by atoms with Crippen LogP contribution in [0.1, 0.15) is 40.7 Å². The molecule has 1 fully saturated rings. The Kier molecular flexibility index (Phi) is 4.98. The topological polar surface area (TPSA) is 46.6 Å². The molecule has 4 nitrogen and oxygen atoms in total. The molecule has 1 saturated heterocycles. The number of piperidine rings is 1. The molecule has 0 unspecified atom stereocenters. The molecule has 28 heavy (non-hydrogen) atoms. The number of carbonyl (C=O) groups excluding carboxylic acids is 2. The first-order valence-corrected chi connectivity index (χ1v) is 9.88. The van der Waals surface area contributed by atoms with E-state index in [-0.39, 0.29) is 11.7 Å². The quantitative estimate of drug-likeness (QED) is 0.693. The summed E-state index contributed by atoms with van der Waals surface area (Å²) >= 11 is 6.13. The van der Waals surface area contributed by atoms with E-state index in [1.165, 1.54) is 0 Å². The van der Waals surface area contributed by atoms with E-state index < -0.39 is 5.60 Å². The van der Waals surface area contributed by atoms with Gasteiger partial charge in [0, 0.05) is 37.0 Å². The minimum Gasteiger partial charge on any atom is -0.486 e. The third-order valence-corrected chi connectivity index (χ3v) is 5.89. The van der Waals surface area contributed by atoms with E-state index in [9.17, 15) is 9.59 Å². The molecule has 4 rings (SSSR count). The van der Waals surface area contributed by atoms with Crippen LogP contribution in [0.2, 0.25) is 5.02 Å². The van der Waals surface area contributed by atoms with Crippen molar-refractivity contribution < 1.29 is 14.3 Å². The Morgan fingerprint density at radius 1 is 1.18 bits per heavy atom. The van der Waals surface area contributed by atoms with Crippen molar-refractivity contribution in [1.82, 2.24) is 4.90 Å². The first-order chi connectivity index (χ1) is 13.5. The van der Waals surface area contributed by atoms with Crippen molar-refractivity contribution in [3.8, 4) is 5.75 Å². The Morgan fingerprint density at radius 3 is 2.68 bits per heavy atom. The molecule has 2 aliphatic rings. The number of amides is 1. The van der Waals surface area contributed by atoms with E-state index >= 15 is 0 Å². The standard InChI is InChI=1S/C23H22ClNO3/c1-16-6-8-21-18(14-16)20(26)15-23(28-21)10-12-25(13-11-23)22(27)9-7-17-4-2-3-5-19(17)24/h2-9,14H,10-13,15H2,1H3/b9-7+. The Balaban J connectivity index is 1.42. The van der Waals surface area contributed by atoms with Crippen molar-refractivity contribution >= 4 is 29.4 Å². The Bertz CT molecular complexity index is 958. The highest BCUT2D eigenvalue weighted by Gasteiger charge is 2.43. The van der Waals surface area contributed by atoms with Gasteiger partial charge in [0.15, 0.2) is 5.78 Å². The highest BCUT2D eigenvalue weighted by Crippen LogP contribution is 2.39. The summed E-state index contributed by atoms with van der Waals surface area (Å²) in [6, 6.07) is 13.2. The third kappa shape index (κ3) is 3.69. The van der Waals surface area contributed by atoms with Crippen molar-refractivity contribution in [2.75, 3.05) is 13.1 Å². The minimum absolute atomic E-state index is 0.0482. The third-order valence-electron chi connectivity index (χ3n) is 5.54. The number of rotatable bonds is 2. The lowest BCUT2D eigenvalue weighted by atomic mass is 9.82. The molecule has 5 heteroatoms. The van der Waals surface area contributed by atoms with Gasteiger partial charge in [0.05, 0.1) is 12.0 Å². The highest BCUT2D eigenvalue weighted by atomic mass is 35.5. The molecule has 0 aliphatic carbocycles. The fraction of sp³-hybridized carbons (Fsp3) is 0.304. The SMILES string of the molecule is Cc1ccc2c(c1)C(=O)CC1(CCN(C(=O)/C=C/c3ccccc3Cl)CC1)O2. The number of halogens is 1. The number of ketones is 1. The van der Waals surface area contributed by atoms with E-state index in [2.05, 4.69) is 0 Å². The van der Waals surface area contributed by atoms with E-state index in [1.807, 2.05) is 43.3 Å². The molecular weight excluding hydrogens is 374 g/mol. The number of likely N-dealkylation sites (tertiary alicyclic amines) is 1. The number of fused-ring (bicyclic) bond motifs is 1. The zero-order chi connectivity index (χ0) is 19.7. The van der Waals surface area contributed by atoms with Crippen molar-refractivity contribution in [2.24, 2.45) is 0 Å². The van der Waals surface area contributed by atoms with Crippen LogP contribution in [0, 0.1) is 6.92 Å². The lowest BCUT2D eigenvalue weighted by Crippen LogP contribution is -2.52. The fourth-order valence-electron chi connectivity index (χ4n) is 3.90. The van der Waals surface area contributed by atoms with Crippen LogP contribution in [0.5, 0.6) is 5.75 Å². The van der Waals surface area contributed by atoms with Gasteiger partial charge in [0.25, 0.3) is 0 Å². The van der Waals surface area contributed by atoms with Gasteiger partial charge in [-0.15, -0.1) is 0 Å². The summed E-state index contributed by atoms with van der Waals surface area (Å²) in [5.41, 5.74) is 2.05. The second-order valence-corrected chi connectivity index (χ2v) is 7.97. The van der Waals surface area contributed by atoms with Gasteiger partial charge in [-0.05, 0) is 36.8 Å². The number of aryl methyl sites for hydroxylation is 1. The van der Waals surface area contributed by atoms with Crippen molar-refractivity contribution in [3.05, 3.63) is 70.3 Å². The van der Waals surface area contributed by atoms with E-state index in [1.54, 1.807) is 23.1 Å². The minimum atomic E-state index is -0.497. The Labute approximate surface area is 169 Å². The van der Waals surface area contributed by atoms with Gasteiger partial charge < -0.3 is 9.64 Å². The van der Waals surface area contributed by atoms with Crippen LogP contribution in [-0.2, 0) is 4.79 Å². The smallest absolute Gasteiger partial charge is 0.246 e. The molecule has 2 heterocycles. The molecule has 0 N–H and O–H groups in total. The first kappa shape index (κ1) is 18.8. The monoisotopic (exact) mass is 395 g/mol. The predicted molar refractivity (Wildman–Crippen MR) is 110 cm³/mol. The molecule has 2 aromatic carbocycles. The number of benzene rings is 2. The van der Waals surface area contributed by atoms with E-state index in [0.717, 1.165) is 11.1 Å². The summed E-state index contributed by atoms with van der Waals surface area (Å²) in [4.78, 5) is 27.0. The molecule has 0 saturated carbocycles. The van der Waals surface area contributed by atoms with Crippen LogP contribution in [0.15, 0.2) is 48.5 Å². The van der Waals surface area contributed by atoms with Crippen LogP contribution >= 0.6 is 11.6 Å². The number of ether oxygens (including phenoxy) is 1. The molecule has 1 spiro atoms. The second-order valence-electron chi connectivity index (χ2n) is 7.56. The van der Waals surface area contributed by atoms with Crippen LogP contribution < -0.4 is 4.74 Å². The number of hydrogen-bond donors (Lipinski definition) is 0. The summed E-state index contributed by atoms with van der Waals surface area (Å²) in [5.74, 6) is 0.747. The van der Waals surface area contributed by atoms with Gasteiger partial charge in [0.1, 0.15) is 11.4 Å². The zero-order valence-corrected chi connectivity index (χ0v) is 16.5. The number of hydrogen-bond acceptors (Lipinski definition) is 3. The highest BCUT2D eigenvalue weighted by molar-refractivity contribution is 6.32. The van der Waals surface area contributed by atoms with Crippen molar-refractivity contribution in [1.29, 1.82) is 0 Å². The van der Waals surface area contributed by atoms with E-state index in [4.69, 9.17) is 16.3 Å². The number of nitrogens with zero attached hydrogens (tertiary/aromatic N) is 1. The van der Waals surface area contributed by atoms with Crippen LogP contribution in [0.4, 0.5) is 0 Å². The summed E-state index contributed by atoms with van der Waals surface area (Å²) in [5, 5.41) is 0.618. The summed E-state index contributed by atoms with van der Waals surface area (Å²) in [7, 11) is 0. The average Bonchev–Trinajstić information content (AvgIpc) is 2.68. The number of carbonyl (C=O) groups is 2. The maximum absolute atomic E-state index is 12.6. The van der Waals surface area contributed by atoms with Crippen LogP contribution in [0.25, 0.3) is 6.08 Å². The molecule has 0 aromatic heterocycles. The summed E-state index contributed by atoms with van der Waals surface area (Å²) in [6.07, 6.45) is 4.98. The van der Waals surface area contributed by atoms with Gasteiger partial charge in [-0.2, -0.15) is 0 Å². The Morgan fingerprint density at radius 2 is 1.93 bits per heavy atom. The van der Waals surface area contributed by atoms with Gasteiger partial charge in [0.2, 0.25) is 5.91 Å². The normalized spacial score (nSPS) is 18.2. The molecular formula is C23H22ClNO3. The van der Waals surface area contributed by atoms with Gasteiger partial charge >= 0.3 is 0 Å². The largest absolute Gasteiger partial charge is 0.486 e. The Hall–Kier alpha value is -2.59. The fourth-order valence-corrected chi connectivity index (χ4v) is 4.10. The van der Waals surface area contributed by atoms with Gasteiger partial charge in [-0.25, -0.2) is 0 Å². The summed E-state index contributed by atoms with van der Waals surface area (Å²) in [6.45, 7) is 3.11. The number of Topliss-reactive ketones (excluding diaryl/α,β-unsaturated/α-hetero) is 1. The molecule has 1 amide bonds. The lowest BCUT2D eigenvalue weighted by Gasteiger charge is -2.43. The first-order valence-electron chi connectivity index (χ1n) is 9.50. The predicted octanol–water partition coefficient (Wildman–Crippen LogP) is 4.69. The molecule has 2 aromatic rings. The van der Waals surface area contributed by atoms with Gasteiger partial charge in [-0.1, -0.05) is 41.4 Å². The average molecular weight is 396 g/mol. The van der Waals surface area contributed by atoms with Gasteiger partial charge in [-0.3, -0.25) is 9.59 Å². The molecule has 0 atom stereocenters. The van der Waals surface area contributed by atoms with Crippen molar-refractivity contribution in [2.45, 2.75) is 31.8 Å². The molecule has 144 valence electrons. The van der Waals surface area contributed by atoms with E-state index in [0.29, 0.717) is 48.7 Å². The molecule has 2 aliphatic heterocycles. The van der Waals surface area contributed by atoms with Crippen LogP contribution in [0.3, 0.4) is 0 Å². The maximum atomic E-state index is 12.6. The molecule has 0 bridgehead atoms. The van der Waals surface area contributed by atoms with Crippen molar-refractivity contribution in [3.63, 3.8) is 0 Å².